The first kappa shape index (κ1) is 43.5. The first-order valence-corrected chi connectivity index (χ1v) is 18.1. The van der Waals surface area contributed by atoms with E-state index in [1.807, 2.05) is 27.7 Å². The van der Waals surface area contributed by atoms with Gasteiger partial charge < -0.3 is 25.8 Å². The molecule has 2 amide bonds. The highest BCUT2D eigenvalue weighted by Gasteiger charge is 2.28. The van der Waals surface area contributed by atoms with E-state index in [0.717, 1.165) is 11.4 Å². The van der Waals surface area contributed by atoms with Crippen LogP contribution in [0, 0.1) is 30.9 Å². The molecule has 18 heteroatoms. The predicted molar refractivity (Wildman–Crippen MR) is 216 cm³/mol. The Morgan fingerprint density at radius 3 is 2.23 bits per heavy atom. The number of nitrogens with zero attached hydrogens (tertiary/aromatic N) is 6. The largest absolute Gasteiger partial charge is 0.468 e. The van der Waals surface area contributed by atoms with E-state index < -0.39 is 24.5 Å². The van der Waals surface area contributed by atoms with Crippen LogP contribution in [-0.2, 0) is 0 Å². The minimum Gasteiger partial charge on any atom is -0.468 e. The lowest BCUT2D eigenvalue weighted by atomic mass is 10.1. The number of aromatic amines is 1. The Hall–Kier alpha value is -7.63. The summed E-state index contributed by atoms with van der Waals surface area (Å²) in [6, 6.07) is 23.1. The monoisotopic (exact) mass is 824 g/mol. The van der Waals surface area contributed by atoms with Crippen molar-refractivity contribution in [2.24, 2.45) is 0 Å². The number of aryl methyl sites for hydroxylation is 2. The van der Waals surface area contributed by atoms with Crippen molar-refractivity contribution in [3.63, 3.8) is 0 Å². The zero-order valence-corrected chi connectivity index (χ0v) is 32.5. The molecule has 0 saturated heterocycles. The third-order valence-electron chi connectivity index (χ3n) is 7.84. The van der Waals surface area contributed by atoms with Crippen LogP contribution >= 0.6 is 0 Å². The van der Waals surface area contributed by atoms with Gasteiger partial charge in [0.25, 0.3) is 11.8 Å². The molecule has 0 aliphatic heterocycles. The van der Waals surface area contributed by atoms with E-state index in [1.54, 1.807) is 48.5 Å². The summed E-state index contributed by atoms with van der Waals surface area (Å²) in [6.45, 7) is 6.22. The molecule has 2 aromatic carbocycles. The standard InChI is InChI=1S/C20H15F4N5O2.C20H16FN5O.C2H6/c21-13-5-2-1-4-12(13)14(25)8-9-16-26-10-15(27-16)19(30)29-17-6-3-7-18(28-17)31-11-20(22,23)24;1-12-9-14(10-13(2)23-12)24-20(27)18-11-22-19-8-7-17(25-26(18)19)15-5-3-4-6-16(15)21;1-2/h1-10,25H,11H2,(H,26,27)(H,28,29,30);3-11H,1-2H3,(H,23,24,27);1-2H3/b9-8-,25-14?;;. The van der Waals surface area contributed by atoms with Crippen LogP contribution in [-0.4, -0.2) is 64.8 Å². The molecule has 7 aromatic rings. The number of benzene rings is 2. The summed E-state index contributed by atoms with van der Waals surface area (Å²) in [4.78, 5) is 44.0. The molecular weight excluding hydrogens is 788 g/mol. The van der Waals surface area contributed by atoms with Gasteiger partial charge in [0, 0.05) is 34.3 Å². The summed E-state index contributed by atoms with van der Waals surface area (Å²) >= 11 is 0. The molecule has 60 heavy (non-hydrogen) atoms. The van der Waals surface area contributed by atoms with Crippen molar-refractivity contribution in [2.45, 2.75) is 33.9 Å². The number of hydrogen-bond donors (Lipinski definition) is 4. The summed E-state index contributed by atoms with van der Waals surface area (Å²) in [6.07, 6.45) is 0.885. The minimum absolute atomic E-state index is 0.0160. The molecule has 0 atom stereocenters. The number of hydrogen-bond acceptors (Lipinski definition) is 9. The van der Waals surface area contributed by atoms with Gasteiger partial charge in [-0.25, -0.2) is 23.3 Å². The van der Waals surface area contributed by atoms with Crippen LogP contribution in [0.3, 0.4) is 0 Å². The molecule has 308 valence electrons. The van der Waals surface area contributed by atoms with Crippen LogP contribution in [0.25, 0.3) is 23.0 Å². The number of carbonyl (C=O) groups excluding carboxylic acids is 2. The van der Waals surface area contributed by atoms with E-state index >= 15 is 0 Å². The third kappa shape index (κ3) is 11.7. The molecule has 13 nitrogen and oxygen atoms in total. The van der Waals surface area contributed by atoms with E-state index in [2.05, 4.69) is 45.4 Å². The average molecular weight is 825 g/mol. The Balaban J connectivity index is 0.000000220. The Labute approximate surface area is 339 Å². The van der Waals surface area contributed by atoms with Crippen molar-refractivity contribution in [1.29, 1.82) is 5.41 Å². The normalized spacial score (nSPS) is 10.9. The van der Waals surface area contributed by atoms with Crippen molar-refractivity contribution in [3.05, 3.63) is 155 Å². The number of halogens is 5. The number of allylic oxidation sites excluding steroid dienone is 1. The fraction of sp³-hybridized carbons (Fsp3) is 0.143. The number of carbonyl (C=O) groups is 2. The first-order valence-electron chi connectivity index (χ1n) is 18.1. The van der Waals surface area contributed by atoms with Crippen molar-refractivity contribution >= 4 is 40.8 Å². The van der Waals surface area contributed by atoms with Gasteiger partial charge in [-0.1, -0.05) is 44.2 Å². The van der Waals surface area contributed by atoms with Crippen molar-refractivity contribution in [3.8, 4) is 17.1 Å². The molecule has 0 aliphatic carbocycles. The molecular formula is C42H37F5N10O3. The van der Waals surface area contributed by atoms with E-state index in [0.29, 0.717) is 22.6 Å². The van der Waals surface area contributed by atoms with E-state index in [9.17, 15) is 31.5 Å². The molecule has 0 aliphatic rings. The fourth-order valence-corrected chi connectivity index (χ4v) is 5.32. The Morgan fingerprint density at radius 2 is 1.53 bits per heavy atom. The van der Waals surface area contributed by atoms with Crippen LogP contribution in [0.15, 0.2) is 109 Å². The Morgan fingerprint density at radius 1 is 0.833 bits per heavy atom. The summed E-state index contributed by atoms with van der Waals surface area (Å²) in [5, 5.41) is 17.6. The van der Waals surface area contributed by atoms with Crippen molar-refractivity contribution in [2.75, 3.05) is 17.2 Å². The summed E-state index contributed by atoms with van der Waals surface area (Å²) in [5.74, 6) is -1.99. The van der Waals surface area contributed by atoms with Crippen molar-refractivity contribution < 1.29 is 36.3 Å². The van der Waals surface area contributed by atoms with Crippen LogP contribution in [0.2, 0.25) is 0 Å². The quantitative estimate of drug-likeness (QED) is 0.0780. The fourth-order valence-electron chi connectivity index (χ4n) is 5.32. The second-order valence-corrected chi connectivity index (χ2v) is 12.3. The maximum atomic E-state index is 14.1. The second kappa shape index (κ2) is 19.7. The van der Waals surface area contributed by atoms with Crippen LogP contribution in [0.1, 0.15) is 57.6 Å². The number of alkyl halides is 3. The Bertz CT molecular complexity index is 2640. The predicted octanol–water partition coefficient (Wildman–Crippen LogP) is 9.04. The first-order chi connectivity index (χ1) is 28.7. The maximum absolute atomic E-state index is 14.1. The highest BCUT2D eigenvalue weighted by Crippen LogP contribution is 2.22. The van der Waals surface area contributed by atoms with Crippen LogP contribution < -0.4 is 15.4 Å². The number of fused-ring (bicyclic) bond motifs is 1. The molecule has 0 spiro atoms. The molecule has 0 bridgehead atoms. The van der Waals surface area contributed by atoms with Gasteiger partial charge in [-0.05, 0) is 80.6 Å². The number of aromatic nitrogens is 7. The van der Waals surface area contributed by atoms with Gasteiger partial charge >= 0.3 is 6.18 Å². The van der Waals surface area contributed by atoms with Crippen molar-refractivity contribution in [1.82, 2.24) is 34.5 Å². The second-order valence-electron chi connectivity index (χ2n) is 12.3. The molecule has 4 N–H and O–H groups in total. The summed E-state index contributed by atoms with van der Waals surface area (Å²) < 4.78 is 70.4. The molecule has 5 heterocycles. The number of nitrogens with one attached hydrogen (secondary N) is 4. The van der Waals surface area contributed by atoms with Gasteiger partial charge in [0.15, 0.2) is 17.9 Å². The number of amides is 2. The van der Waals surface area contributed by atoms with E-state index in [4.69, 9.17) is 5.41 Å². The number of imidazole rings is 2. The highest BCUT2D eigenvalue weighted by molar-refractivity contribution is 6.09. The SMILES string of the molecule is CC.Cc1cc(NC(=O)c2cnc3ccc(-c4ccccc4F)nn23)cc(C)n1.N=C(/C=C\c1ncc(C(=O)Nc2cccc(OCC(F)(F)F)n2)[nH]1)c1ccccc1F. The van der Waals surface area contributed by atoms with Crippen LogP contribution in [0.4, 0.5) is 33.5 Å². The molecule has 5 aromatic heterocycles. The van der Waals surface area contributed by atoms with E-state index in [1.165, 1.54) is 71.5 Å². The number of anilines is 2. The van der Waals surface area contributed by atoms with Gasteiger partial charge in [0.2, 0.25) is 5.88 Å². The molecule has 0 fully saturated rings. The van der Waals surface area contributed by atoms with Gasteiger partial charge in [-0.3, -0.25) is 14.6 Å². The van der Waals surface area contributed by atoms with Gasteiger partial charge in [-0.15, -0.1) is 0 Å². The minimum atomic E-state index is -4.51. The highest BCUT2D eigenvalue weighted by atomic mass is 19.4. The lowest BCUT2D eigenvalue weighted by molar-refractivity contribution is -0.154. The number of rotatable bonds is 10. The maximum Gasteiger partial charge on any atom is 0.422 e. The van der Waals surface area contributed by atoms with Gasteiger partial charge in [-0.2, -0.15) is 23.3 Å². The molecule has 0 unspecified atom stereocenters. The lowest BCUT2D eigenvalue weighted by Crippen LogP contribution is -2.20. The average Bonchev–Trinajstić information content (AvgIpc) is 3.88. The van der Waals surface area contributed by atoms with Gasteiger partial charge in [0.05, 0.1) is 23.8 Å². The topological polar surface area (TPSA) is 176 Å². The number of H-pyrrole nitrogens is 1. The third-order valence-corrected chi connectivity index (χ3v) is 7.84. The zero-order chi connectivity index (χ0) is 43.4. The number of ether oxygens (including phenoxy) is 1. The van der Waals surface area contributed by atoms with Gasteiger partial charge in [0.1, 0.15) is 29.0 Å². The van der Waals surface area contributed by atoms with E-state index in [-0.39, 0.29) is 51.9 Å². The summed E-state index contributed by atoms with van der Waals surface area (Å²) in [7, 11) is 0. The number of pyridine rings is 2. The molecule has 0 radical (unpaired) electrons. The summed E-state index contributed by atoms with van der Waals surface area (Å²) in [5.41, 5.74) is 3.88. The Kier molecular flexibility index (Phi) is 14.3. The molecule has 0 saturated carbocycles. The zero-order valence-electron chi connectivity index (χ0n) is 32.5. The lowest BCUT2D eigenvalue weighted by Gasteiger charge is -2.09. The van der Waals surface area contributed by atoms with Crippen LogP contribution in [0.5, 0.6) is 5.88 Å². The molecule has 7 rings (SSSR count). The smallest absolute Gasteiger partial charge is 0.422 e.